The maximum absolute atomic E-state index is 12.4. The highest BCUT2D eigenvalue weighted by Gasteiger charge is 2.19. The number of benzene rings is 1. The van der Waals surface area contributed by atoms with Crippen LogP contribution in [-0.2, 0) is 11.3 Å². The second-order valence-corrected chi connectivity index (χ2v) is 6.44. The van der Waals surface area contributed by atoms with Crippen molar-refractivity contribution >= 4 is 23.4 Å². The molecule has 0 aliphatic carbocycles. The minimum atomic E-state index is -0.302. The van der Waals surface area contributed by atoms with Crippen LogP contribution in [0.25, 0.3) is 0 Å². The van der Waals surface area contributed by atoms with Crippen LogP contribution in [0.2, 0.25) is 0 Å². The van der Waals surface area contributed by atoms with Gasteiger partial charge in [-0.05, 0) is 45.0 Å². The van der Waals surface area contributed by atoms with Gasteiger partial charge in [-0.15, -0.1) is 16.8 Å². The number of carbonyl (C=O) groups excluding carboxylic acids is 1. The van der Waals surface area contributed by atoms with Gasteiger partial charge in [0.2, 0.25) is 5.91 Å². The van der Waals surface area contributed by atoms with E-state index in [4.69, 9.17) is 4.74 Å². The van der Waals surface area contributed by atoms with E-state index in [0.29, 0.717) is 18.3 Å². The highest BCUT2D eigenvalue weighted by Crippen LogP contribution is 2.24. The molecule has 2 aromatic rings. The Hall–Kier alpha value is -2.28. The second-order valence-electron chi connectivity index (χ2n) is 5.14. The van der Waals surface area contributed by atoms with Gasteiger partial charge in [-0.1, -0.05) is 17.8 Å². The number of aromatic nitrogens is 3. The molecule has 0 radical (unpaired) electrons. The summed E-state index contributed by atoms with van der Waals surface area (Å²) < 4.78 is 7.32. The lowest BCUT2D eigenvalue weighted by Crippen LogP contribution is -2.23. The Balaban J connectivity index is 1.98. The molecule has 0 aliphatic heterocycles. The van der Waals surface area contributed by atoms with E-state index < -0.39 is 0 Å². The van der Waals surface area contributed by atoms with Gasteiger partial charge in [0.1, 0.15) is 11.6 Å². The van der Waals surface area contributed by atoms with Gasteiger partial charge in [-0.2, -0.15) is 0 Å². The fourth-order valence-electron chi connectivity index (χ4n) is 2.04. The van der Waals surface area contributed by atoms with E-state index in [1.54, 1.807) is 6.08 Å². The monoisotopic (exact) mass is 346 g/mol. The lowest BCUT2D eigenvalue weighted by Gasteiger charge is -2.12. The van der Waals surface area contributed by atoms with E-state index >= 15 is 0 Å². The van der Waals surface area contributed by atoms with Crippen LogP contribution in [0.4, 0.5) is 5.69 Å². The Labute approximate surface area is 146 Å². The normalized spacial score (nSPS) is 11.8. The summed E-state index contributed by atoms with van der Waals surface area (Å²) in [5.41, 5.74) is 0.736. The predicted molar refractivity (Wildman–Crippen MR) is 96.5 cm³/mol. The molecule has 1 atom stereocenters. The van der Waals surface area contributed by atoms with Crippen molar-refractivity contribution in [3.05, 3.63) is 42.7 Å². The van der Waals surface area contributed by atoms with Crippen molar-refractivity contribution in [3.63, 3.8) is 0 Å². The number of hydrogen-bond acceptors (Lipinski definition) is 5. The van der Waals surface area contributed by atoms with Gasteiger partial charge in [0, 0.05) is 12.2 Å². The number of nitrogens with one attached hydrogen (secondary N) is 1. The first kappa shape index (κ1) is 18.1. The number of carbonyl (C=O) groups is 1. The number of nitrogens with zero attached hydrogens (tertiary/aromatic N) is 3. The maximum atomic E-state index is 12.4. The zero-order chi connectivity index (χ0) is 17.5. The summed E-state index contributed by atoms with van der Waals surface area (Å²) in [6.45, 7) is 10.6. The lowest BCUT2D eigenvalue weighted by molar-refractivity contribution is -0.115. The number of hydrogen-bond donors (Lipinski definition) is 1. The van der Waals surface area contributed by atoms with Gasteiger partial charge in [-0.3, -0.25) is 4.79 Å². The molecular formula is C17H22N4O2S. The zero-order valence-electron chi connectivity index (χ0n) is 14.2. The van der Waals surface area contributed by atoms with E-state index in [1.165, 1.54) is 11.8 Å². The second kappa shape index (κ2) is 8.54. The number of aryl methyl sites for hydroxylation is 1. The number of amides is 1. The van der Waals surface area contributed by atoms with Crippen molar-refractivity contribution in [1.29, 1.82) is 0 Å². The van der Waals surface area contributed by atoms with Crippen LogP contribution in [0.1, 0.15) is 19.7 Å². The Kier molecular flexibility index (Phi) is 6.43. The standard InChI is InChI=1S/C17H22N4O2S/c1-5-11-21-13(4)19-20-17(21)24-12(3)16(22)18-14-7-9-15(10-8-14)23-6-2/h5,7-10,12H,1,6,11H2,2-4H3,(H,18,22). The molecule has 2 rings (SSSR count). The SMILES string of the molecule is C=CCn1c(C)nnc1SC(C)C(=O)Nc1ccc(OCC)cc1. The molecule has 6 nitrogen and oxygen atoms in total. The third kappa shape index (κ3) is 4.61. The largest absolute Gasteiger partial charge is 0.494 e. The van der Waals surface area contributed by atoms with Crippen molar-refractivity contribution in [2.45, 2.75) is 37.7 Å². The summed E-state index contributed by atoms with van der Waals surface area (Å²) in [5, 5.41) is 11.5. The van der Waals surface area contributed by atoms with Gasteiger partial charge in [0.25, 0.3) is 0 Å². The van der Waals surface area contributed by atoms with Crippen LogP contribution < -0.4 is 10.1 Å². The third-order valence-corrected chi connectivity index (χ3v) is 4.38. The van der Waals surface area contributed by atoms with Gasteiger partial charge in [0.15, 0.2) is 5.16 Å². The Morgan fingerprint density at radius 2 is 2.12 bits per heavy atom. The minimum Gasteiger partial charge on any atom is -0.494 e. The summed E-state index contributed by atoms with van der Waals surface area (Å²) >= 11 is 1.37. The third-order valence-electron chi connectivity index (χ3n) is 3.30. The maximum Gasteiger partial charge on any atom is 0.237 e. The molecule has 128 valence electrons. The molecule has 7 heteroatoms. The topological polar surface area (TPSA) is 69.0 Å². The van der Waals surface area contributed by atoms with E-state index in [1.807, 2.05) is 49.6 Å². The molecule has 0 spiro atoms. The molecule has 1 amide bonds. The first-order valence-electron chi connectivity index (χ1n) is 7.76. The molecule has 0 saturated carbocycles. The van der Waals surface area contributed by atoms with Crippen molar-refractivity contribution in [2.24, 2.45) is 0 Å². The van der Waals surface area contributed by atoms with Gasteiger partial charge < -0.3 is 14.6 Å². The molecule has 1 aromatic heterocycles. The molecule has 24 heavy (non-hydrogen) atoms. The quantitative estimate of drug-likeness (QED) is 0.587. The van der Waals surface area contributed by atoms with Gasteiger partial charge >= 0.3 is 0 Å². The number of allylic oxidation sites excluding steroid dienone is 1. The smallest absolute Gasteiger partial charge is 0.237 e. The van der Waals surface area contributed by atoms with Crippen molar-refractivity contribution < 1.29 is 9.53 Å². The van der Waals surface area contributed by atoms with E-state index in [2.05, 4.69) is 22.1 Å². The first-order valence-corrected chi connectivity index (χ1v) is 8.64. The van der Waals surface area contributed by atoms with Crippen molar-refractivity contribution in [3.8, 4) is 5.75 Å². The number of ether oxygens (including phenoxy) is 1. The molecule has 1 unspecified atom stereocenters. The first-order chi connectivity index (χ1) is 11.5. The predicted octanol–water partition coefficient (Wildman–Crippen LogP) is 3.29. The van der Waals surface area contributed by atoms with Gasteiger partial charge in [-0.25, -0.2) is 0 Å². The average Bonchev–Trinajstić information content (AvgIpc) is 2.90. The van der Waals surface area contributed by atoms with Gasteiger partial charge in [0.05, 0.1) is 11.9 Å². The number of thioether (sulfide) groups is 1. The zero-order valence-corrected chi connectivity index (χ0v) is 15.0. The van der Waals surface area contributed by atoms with Crippen LogP contribution in [-0.4, -0.2) is 32.5 Å². The summed E-state index contributed by atoms with van der Waals surface area (Å²) in [6.07, 6.45) is 1.78. The lowest BCUT2D eigenvalue weighted by atomic mass is 10.3. The van der Waals surface area contributed by atoms with E-state index in [-0.39, 0.29) is 11.2 Å². The average molecular weight is 346 g/mol. The van der Waals surface area contributed by atoms with Crippen molar-refractivity contribution in [1.82, 2.24) is 14.8 Å². The fraction of sp³-hybridized carbons (Fsp3) is 0.353. The number of anilines is 1. The fourth-order valence-corrected chi connectivity index (χ4v) is 2.95. The number of rotatable bonds is 8. The molecule has 1 N–H and O–H groups in total. The molecule has 0 saturated heterocycles. The molecule has 0 bridgehead atoms. The molecule has 0 aliphatic rings. The Morgan fingerprint density at radius 3 is 2.75 bits per heavy atom. The van der Waals surface area contributed by atoms with Crippen LogP contribution >= 0.6 is 11.8 Å². The van der Waals surface area contributed by atoms with Crippen LogP contribution in [0.5, 0.6) is 5.75 Å². The minimum absolute atomic E-state index is 0.0880. The summed E-state index contributed by atoms with van der Waals surface area (Å²) in [7, 11) is 0. The Morgan fingerprint density at radius 1 is 1.42 bits per heavy atom. The van der Waals surface area contributed by atoms with E-state index in [9.17, 15) is 4.79 Å². The molecule has 1 heterocycles. The molecular weight excluding hydrogens is 324 g/mol. The molecule has 1 aromatic carbocycles. The van der Waals surface area contributed by atoms with E-state index in [0.717, 1.165) is 17.3 Å². The Bertz CT molecular complexity index is 697. The van der Waals surface area contributed by atoms with Crippen molar-refractivity contribution in [2.75, 3.05) is 11.9 Å². The summed E-state index contributed by atoms with van der Waals surface area (Å²) in [4.78, 5) is 12.4. The summed E-state index contributed by atoms with van der Waals surface area (Å²) in [5.74, 6) is 1.50. The summed E-state index contributed by atoms with van der Waals surface area (Å²) in [6, 6.07) is 7.32. The van der Waals surface area contributed by atoms with Crippen LogP contribution in [0, 0.1) is 6.92 Å². The van der Waals surface area contributed by atoms with Crippen LogP contribution in [0.3, 0.4) is 0 Å². The van der Waals surface area contributed by atoms with Crippen LogP contribution in [0.15, 0.2) is 42.1 Å². The highest BCUT2D eigenvalue weighted by molar-refractivity contribution is 8.00. The highest BCUT2D eigenvalue weighted by atomic mass is 32.2. The molecule has 0 fully saturated rings.